The Hall–Kier alpha value is -1.14. The Labute approximate surface area is 120 Å². The summed E-state index contributed by atoms with van der Waals surface area (Å²) in [5.41, 5.74) is 5.03. The maximum atomic E-state index is 12.1. The number of nitrogens with one attached hydrogen (secondary N) is 1. The first-order valence-corrected chi connectivity index (χ1v) is 7.41. The highest BCUT2D eigenvalue weighted by Gasteiger charge is 2.44. The van der Waals surface area contributed by atoms with Crippen molar-refractivity contribution in [1.82, 2.24) is 15.1 Å². The van der Waals surface area contributed by atoms with Crippen molar-refractivity contribution >= 4 is 11.9 Å². The molecule has 2 rings (SSSR count). The molecule has 0 aromatic heterocycles. The molecule has 2 fully saturated rings. The second-order valence-electron chi connectivity index (χ2n) is 6.57. The number of hydrogen-bond acceptors (Lipinski definition) is 4. The average molecular weight is 282 g/mol. The maximum Gasteiger partial charge on any atom is 0.325 e. The number of nitrogens with zero attached hydrogens (tertiary/aromatic N) is 2. The van der Waals surface area contributed by atoms with Gasteiger partial charge >= 0.3 is 6.03 Å². The number of amides is 3. The fourth-order valence-electron chi connectivity index (χ4n) is 3.00. The molecule has 114 valence electrons. The van der Waals surface area contributed by atoms with Crippen molar-refractivity contribution in [2.24, 2.45) is 17.6 Å². The number of carbonyl (C=O) groups is 2. The van der Waals surface area contributed by atoms with Crippen LogP contribution in [0.5, 0.6) is 0 Å². The molecular weight excluding hydrogens is 256 g/mol. The number of hydrogen-bond donors (Lipinski definition) is 2. The average Bonchev–Trinajstić information content (AvgIpc) is 2.58. The van der Waals surface area contributed by atoms with Crippen molar-refractivity contribution in [1.29, 1.82) is 0 Å². The molecule has 0 aliphatic carbocycles. The lowest BCUT2D eigenvalue weighted by Gasteiger charge is -2.37. The monoisotopic (exact) mass is 282 g/mol. The first-order valence-electron chi connectivity index (χ1n) is 7.41. The molecule has 0 spiro atoms. The SMILES string of the molecule is CC1CCN(CCN2C(=O)NC(C)(C)C2=O)CC1CN. The zero-order valence-corrected chi connectivity index (χ0v) is 12.7. The van der Waals surface area contributed by atoms with Gasteiger partial charge in [0, 0.05) is 19.6 Å². The van der Waals surface area contributed by atoms with Crippen molar-refractivity contribution in [2.75, 3.05) is 32.7 Å². The molecule has 0 radical (unpaired) electrons. The summed E-state index contributed by atoms with van der Waals surface area (Å²) < 4.78 is 0. The predicted octanol–water partition coefficient (Wildman–Crippen LogP) is 0.234. The Morgan fingerprint density at radius 2 is 2.05 bits per heavy atom. The molecule has 2 saturated heterocycles. The molecule has 0 aromatic rings. The van der Waals surface area contributed by atoms with Crippen LogP contribution in [0.3, 0.4) is 0 Å². The number of urea groups is 1. The molecule has 0 aromatic carbocycles. The first-order chi connectivity index (χ1) is 9.35. The van der Waals surface area contributed by atoms with E-state index in [4.69, 9.17) is 5.73 Å². The van der Waals surface area contributed by atoms with E-state index >= 15 is 0 Å². The smallest absolute Gasteiger partial charge is 0.325 e. The van der Waals surface area contributed by atoms with Crippen molar-refractivity contribution in [3.63, 3.8) is 0 Å². The van der Waals surface area contributed by atoms with Gasteiger partial charge in [-0.05, 0) is 45.2 Å². The lowest BCUT2D eigenvalue weighted by Crippen LogP contribution is -2.46. The Balaban J connectivity index is 1.87. The van der Waals surface area contributed by atoms with Crippen LogP contribution in [-0.4, -0.2) is 60.0 Å². The predicted molar refractivity (Wildman–Crippen MR) is 77.1 cm³/mol. The summed E-state index contributed by atoms with van der Waals surface area (Å²) in [6.07, 6.45) is 1.13. The molecule has 2 unspecified atom stereocenters. The van der Waals surface area contributed by atoms with Gasteiger partial charge < -0.3 is 16.0 Å². The summed E-state index contributed by atoms with van der Waals surface area (Å²) in [7, 11) is 0. The second kappa shape index (κ2) is 5.69. The summed E-state index contributed by atoms with van der Waals surface area (Å²) in [5, 5.41) is 2.71. The molecule has 2 aliphatic heterocycles. The number of nitrogens with two attached hydrogens (primary N) is 1. The van der Waals surface area contributed by atoms with Crippen LogP contribution in [0.1, 0.15) is 27.2 Å². The highest BCUT2D eigenvalue weighted by atomic mass is 16.2. The molecule has 20 heavy (non-hydrogen) atoms. The van der Waals surface area contributed by atoms with Gasteiger partial charge in [0.25, 0.3) is 5.91 Å². The van der Waals surface area contributed by atoms with Gasteiger partial charge in [0.1, 0.15) is 5.54 Å². The van der Waals surface area contributed by atoms with Crippen molar-refractivity contribution in [2.45, 2.75) is 32.7 Å². The van der Waals surface area contributed by atoms with Gasteiger partial charge in [0.2, 0.25) is 0 Å². The van der Waals surface area contributed by atoms with Gasteiger partial charge in [-0.1, -0.05) is 6.92 Å². The van der Waals surface area contributed by atoms with E-state index in [1.165, 1.54) is 4.90 Å². The van der Waals surface area contributed by atoms with Crippen LogP contribution in [0.2, 0.25) is 0 Å². The van der Waals surface area contributed by atoms with Crippen LogP contribution in [0.25, 0.3) is 0 Å². The third-order valence-corrected chi connectivity index (χ3v) is 4.59. The topological polar surface area (TPSA) is 78.7 Å². The zero-order valence-electron chi connectivity index (χ0n) is 12.7. The Morgan fingerprint density at radius 3 is 2.60 bits per heavy atom. The summed E-state index contributed by atoms with van der Waals surface area (Å²) in [5.74, 6) is 1.04. The van der Waals surface area contributed by atoms with Crippen LogP contribution < -0.4 is 11.1 Å². The highest BCUT2D eigenvalue weighted by Crippen LogP contribution is 2.22. The molecule has 3 N–H and O–H groups in total. The number of piperidine rings is 1. The molecule has 6 nitrogen and oxygen atoms in total. The molecular formula is C14H26N4O2. The lowest BCUT2D eigenvalue weighted by molar-refractivity contribution is -0.130. The number of imide groups is 1. The molecule has 2 heterocycles. The quantitative estimate of drug-likeness (QED) is 0.724. The summed E-state index contributed by atoms with van der Waals surface area (Å²) >= 11 is 0. The number of likely N-dealkylation sites (tertiary alicyclic amines) is 1. The van der Waals surface area contributed by atoms with Crippen molar-refractivity contribution in [3.8, 4) is 0 Å². The maximum absolute atomic E-state index is 12.1. The van der Waals surface area contributed by atoms with Crippen LogP contribution in [0.15, 0.2) is 0 Å². The van der Waals surface area contributed by atoms with Crippen LogP contribution in [-0.2, 0) is 4.79 Å². The Morgan fingerprint density at radius 1 is 1.35 bits per heavy atom. The van der Waals surface area contributed by atoms with E-state index in [1.54, 1.807) is 13.8 Å². The molecule has 0 saturated carbocycles. The van der Waals surface area contributed by atoms with Crippen LogP contribution >= 0.6 is 0 Å². The van der Waals surface area contributed by atoms with Gasteiger partial charge in [0.15, 0.2) is 0 Å². The fourth-order valence-corrected chi connectivity index (χ4v) is 3.00. The van der Waals surface area contributed by atoms with Crippen LogP contribution in [0.4, 0.5) is 4.79 Å². The van der Waals surface area contributed by atoms with E-state index in [2.05, 4.69) is 17.1 Å². The minimum atomic E-state index is -0.771. The Kier molecular flexibility index (Phi) is 4.34. The summed E-state index contributed by atoms with van der Waals surface area (Å²) in [4.78, 5) is 27.5. The fraction of sp³-hybridized carbons (Fsp3) is 0.857. The van der Waals surface area contributed by atoms with E-state index in [0.717, 1.165) is 26.1 Å². The molecule has 2 atom stereocenters. The number of carbonyl (C=O) groups excluding carboxylic acids is 2. The van der Waals surface area contributed by atoms with E-state index in [9.17, 15) is 9.59 Å². The van der Waals surface area contributed by atoms with E-state index in [0.29, 0.717) is 24.9 Å². The lowest BCUT2D eigenvalue weighted by atomic mass is 9.87. The summed E-state index contributed by atoms with van der Waals surface area (Å²) in [6, 6.07) is -0.277. The van der Waals surface area contributed by atoms with Gasteiger partial charge in [-0.15, -0.1) is 0 Å². The number of rotatable bonds is 4. The molecule has 3 amide bonds. The minimum absolute atomic E-state index is 0.136. The van der Waals surface area contributed by atoms with Crippen LogP contribution in [0, 0.1) is 11.8 Å². The van der Waals surface area contributed by atoms with Crippen molar-refractivity contribution in [3.05, 3.63) is 0 Å². The van der Waals surface area contributed by atoms with Gasteiger partial charge in [-0.2, -0.15) is 0 Å². The van der Waals surface area contributed by atoms with Gasteiger partial charge in [0.05, 0.1) is 0 Å². The zero-order chi connectivity index (χ0) is 14.9. The first kappa shape index (κ1) is 15.3. The highest BCUT2D eigenvalue weighted by molar-refractivity contribution is 6.06. The van der Waals surface area contributed by atoms with Crippen molar-refractivity contribution < 1.29 is 9.59 Å². The van der Waals surface area contributed by atoms with E-state index < -0.39 is 5.54 Å². The van der Waals surface area contributed by atoms with E-state index in [-0.39, 0.29) is 11.9 Å². The normalized spacial score (nSPS) is 30.7. The summed E-state index contributed by atoms with van der Waals surface area (Å²) in [6.45, 7) is 9.59. The van der Waals surface area contributed by atoms with E-state index in [1.807, 2.05) is 0 Å². The molecule has 0 bridgehead atoms. The largest absolute Gasteiger partial charge is 0.330 e. The standard InChI is InChI=1S/C14H26N4O2/c1-10-4-5-17(9-11(10)8-15)6-7-18-12(19)14(2,3)16-13(18)20/h10-11H,4-9,15H2,1-3H3,(H,16,20). The molecule has 6 heteroatoms. The Bertz CT molecular complexity index is 397. The van der Waals surface area contributed by atoms with Gasteiger partial charge in [-0.25, -0.2) is 4.79 Å². The van der Waals surface area contributed by atoms with Gasteiger partial charge in [-0.3, -0.25) is 9.69 Å². The second-order valence-corrected chi connectivity index (χ2v) is 6.57. The third kappa shape index (κ3) is 2.96. The third-order valence-electron chi connectivity index (χ3n) is 4.59. The minimum Gasteiger partial charge on any atom is -0.330 e. The molecule has 2 aliphatic rings.